The average molecular weight is 407 g/mol. The van der Waals surface area contributed by atoms with Gasteiger partial charge in [-0.3, -0.25) is 9.20 Å². The van der Waals surface area contributed by atoms with E-state index in [2.05, 4.69) is 0 Å². The first-order valence-electron chi connectivity index (χ1n) is 8.78. The van der Waals surface area contributed by atoms with Gasteiger partial charge in [-0.1, -0.05) is 35.4 Å². The molecule has 0 aliphatic carbocycles. The summed E-state index contributed by atoms with van der Waals surface area (Å²) in [4.78, 5) is 18.8. The zero-order valence-corrected chi connectivity index (χ0v) is 16.8. The van der Waals surface area contributed by atoms with Crippen molar-refractivity contribution in [1.82, 2.24) is 9.38 Å². The Morgan fingerprint density at radius 3 is 2.68 bits per heavy atom. The van der Waals surface area contributed by atoms with E-state index in [9.17, 15) is 4.79 Å². The molecular formula is C22H15ClN2O2S. The normalized spacial score (nSPS) is 11.5. The maximum absolute atomic E-state index is 13.3. The molecule has 4 nitrogen and oxygen atoms in total. The maximum atomic E-state index is 13.3. The van der Waals surface area contributed by atoms with Crippen LogP contribution in [-0.2, 0) is 0 Å². The predicted octanol–water partition coefficient (Wildman–Crippen LogP) is 6.11. The van der Waals surface area contributed by atoms with Gasteiger partial charge in [0, 0.05) is 22.2 Å². The third-order valence-corrected chi connectivity index (χ3v) is 5.92. The topological polar surface area (TPSA) is 47.5 Å². The van der Waals surface area contributed by atoms with E-state index >= 15 is 0 Å². The van der Waals surface area contributed by atoms with Crippen molar-refractivity contribution in [3.8, 4) is 22.5 Å². The molecule has 5 aromatic rings. The van der Waals surface area contributed by atoms with E-state index in [1.807, 2.05) is 72.3 Å². The molecule has 0 spiro atoms. The molecule has 3 aromatic heterocycles. The highest BCUT2D eigenvalue weighted by Gasteiger charge is 2.18. The number of hydrogen-bond acceptors (Lipinski definition) is 4. The predicted molar refractivity (Wildman–Crippen MR) is 114 cm³/mol. The molecule has 2 aromatic carbocycles. The number of rotatable bonds is 2. The van der Waals surface area contributed by atoms with Crippen LogP contribution in [0, 0.1) is 13.8 Å². The summed E-state index contributed by atoms with van der Waals surface area (Å²) in [5.74, 6) is 0.600. The van der Waals surface area contributed by atoms with Gasteiger partial charge in [-0.25, -0.2) is 4.98 Å². The number of thiazole rings is 1. The number of imidazole rings is 1. The zero-order chi connectivity index (χ0) is 19.4. The SMILES string of the molecule is Cc1ccc2oc(C)c(-c3csc4nc(-c5ccc(Cl)cc5)cn34)c(=O)c2c1. The largest absolute Gasteiger partial charge is 0.460 e. The highest BCUT2D eigenvalue weighted by atomic mass is 35.5. The molecular weight excluding hydrogens is 392 g/mol. The first-order chi connectivity index (χ1) is 13.5. The molecule has 0 amide bonds. The van der Waals surface area contributed by atoms with Crippen molar-refractivity contribution in [3.05, 3.63) is 80.6 Å². The van der Waals surface area contributed by atoms with Crippen LogP contribution in [0.3, 0.4) is 0 Å². The zero-order valence-electron chi connectivity index (χ0n) is 15.2. The fraction of sp³-hybridized carbons (Fsp3) is 0.0909. The van der Waals surface area contributed by atoms with Crippen molar-refractivity contribution in [3.63, 3.8) is 0 Å². The van der Waals surface area contributed by atoms with Crippen LogP contribution in [-0.4, -0.2) is 9.38 Å². The summed E-state index contributed by atoms with van der Waals surface area (Å²) in [6.07, 6.45) is 1.95. The summed E-state index contributed by atoms with van der Waals surface area (Å²) < 4.78 is 7.92. The van der Waals surface area contributed by atoms with Gasteiger partial charge in [0.05, 0.1) is 22.3 Å². The van der Waals surface area contributed by atoms with Gasteiger partial charge < -0.3 is 4.42 Å². The van der Waals surface area contributed by atoms with Gasteiger partial charge in [-0.05, 0) is 38.1 Å². The Balaban J connectivity index is 1.73. The van der Waals surface area contributed by atoms with E-state index in [0.29, 0.717) is 27.3 Å². The monoisotopic (exact) mass is 406 g/mol. The quantitative estimate of drug-likeness (QED) is 0.355. The molecule has 0 saturated heterocycles. The molecule has 5 rings (SSSR count). The van der Waals surface area contributed by atoms with Crippen molar-refractivity contribution in [2.45, 2.75) is 13.8 Å². The van der Waals surface area contributed by atoms with Gasteiger partial charge in [0.1, 0.15) is 11.3 Å². The van der Waals surface area contributed by atoms with Crippen LogP contribution in [0.5, 0.6) is 0 Å². The van der Waals surface area contributed by atoms with E-state index in [-0.39, 0.29) is 5.43 Å². The highest BCUT2D eigenvalue weighted by molar-refractivity contribution is 7.15. The van der Waals surface area contributed by atoms with Crippen LogP contribution < -0.4 is 5.43 Å². The maximum Gasteiger partial charge on any atom is 0.202 e. The van der Waals surface area contributed by atoms with E-state index < -0.39 is 0 Å². The van der Waals surface area contributed by atoms with E-state index in [4.69, 9.17) is 21.0 Å². The fourth-order valence-electron chi connectivity index (χ4n) is 3.44. The Hall–Kier alpha value is -2.89. The second-order valence-corrected chi connectivity index (χ2v) is 8.04. The van der Waals surface area contributed by atoms with Crippen molar-refractivity contribution in [1.29, 1.82) is 0 Å². The Labute approximate surface area is 169 Å². The van der Waals surface area contributed by atoms with Crippen molar-refractivity contribution < 1.29 is 4.42 Å². The Morgan fingerprint density at radius 1 is 1.11 bits per heavy atom. The van der Waals surface area contributed by atoms with Crippen molar-refractivity contribution >= 4 is 38.9 Å². The van der Waals surface area contributed by atoms with Crippen LogP contribution in [0.2, 0.25) is 5.02 Å². The van der Waals surface area contributed by atoms with Crippen molar-refractivity contribution in [2.24, 2.45) is 0 Å². The Kier molecular flexibility index (Phi) is 3.89. The number of nitrogens with zero attached hydrogens (tertiary/aromatic N) is 2. The van der Waals surface area contributed by atoms with Crippen LogP contribution in [0.15, 0.2) is 63.3 Å². The summed E-state index contributed by atoms with van der Waals surface area (Å²) in [6, 6.07) is 13.2. The molecule has 0 bridgehead atoms. The first-order valence-corrected chi connectivity index (χ1v) is 10.0. The van der Waals surface area contributed by atoms with Crippen LogP contribution in [0.25, 0.3) is 38.4 Å². The van der Waals surface area contributed by atoms with E-state index in [1.165, 1.54) is 11.3 Å². The molecule has 0 radical (unpaired) electrons. The smallest absolute Gasteiger partial charge is 0.202 e. The minimum absolute atomic E-state index is 0.0242. The van der Waals surface area contributed by atoms with Gasteiger partial charge in [-0.2, -0.15) is 0 Å². The highest BCUT2D eigenvalue weighted by Crippen LogP contribution is 2.31. The molecule has 28 heavy (non-hydrogen) atoms. The number of hydrogen-bond donors (Lipinski definition) is 0. The molecule has 0 aliphatic heterocycles. The molecule has 0 fully saturated rings. The van der Waals surface area contributed by atoms with E-state index in [0.717, 1.165) is 27.5 Å². The standard InChI is InChI=1S/C22H15ClN2O2S/c1-12-3-8-19-16(9-12)21(26)20(13(2)27-19)18-11-28-22-24-17(10-25(18)22)14-4-6-15(23)7-5-14/h3-11H,1-2H3. The number of aryl methyl sites for hydroxylation is 2. The molecule has 3 heterocycles. The lowest BCUT2D eigenvalue weighted by atomic mass is 10.1. The third-order valence-electron chi connectivity index (χ3n) is 4.83. The third kappa shape index (κ3) is 2.66. The lowest BCUT2D eigenvalue weighted by molar-refractivity contribution is 0.567. The molecule has 0 N–H and O–H groups in total. The lowest BCUT2D eigenvalue weighted by Gasteiger charge is -2.06. The Morgan fingerprint density at radius 2 is 1.89 bits per heavy atom. The number of aromatic nitrogens is 2. The van der Waals surface area contributed by atoms with Gasteiger partial charge in [0.2, 0.25) is 5.43 Å². The summed E-state index contributed by atoms with van der Waals surface area (Å²) in [5, 5.41) is 3.23. The fourth-order valence-corrected chi connectivity index (χ4v) is 4.43. The number of halogens is 1. The van der Waals surface area contributed by atoms with Crippen LogP contribution >= 0.6 is 22.9 Å². The molecule has 0 unspecified atom stereocenters. The Bertz CT molecular complexity index is 1410. The first kappa shape index (κ1) is 17.2. The molecule has 0 saturated carbocycles. The van der Waals surface area contributed by atoms with Crippen LogP contribution in [0.1, 0.15) is 11.3 Å². The second kappa shape index (κ2) is 6.33. The summed E-state index contributed by atoms with van der Waals surface area (Å²) in [7, 11) is 0. The second-order valence-electron chi connectivity index (χ2n) is 6.77. The van der Waals surface area contributed by atoms with E-state index in [1.54, 1.807) is 0 Å². The molecule has 138 valence electrons. The summed E-state index contributed by atoms with van der Waals surface area (Å²) >= 11 is 7.49. The minimum Gasteiger partial charge on any atom is -0.460 e. The minimum atomic E-state index is -0.0242. The summed E-state index contributed by atoms with van der Waals surface area (Å²) in [6.45, 7) is 3.80. The van der Waals surface area contributed by atoms with Crippen molar-refractivity contribution in [2.75, 3.05) is 0 Å². The van der Waals surface area contributed by atoms with Gasteiger partial charge in [0.25, 0.3) is 0 Å². The lowest BCUT2D eigenvalue weighted by Crippen LogP contribution is -2.08. The van der Waals surface area contributed by atoms with Gasteiger partial charge in [0.15, 0.2) is 4.96 Å². The number of benzene rings is 2. The molecule has 0 atom stereocenters. The van der Waals surface area contributed by atoms with Gasteiger partial charge in [-0.15, -0.1) is 11.3 Å². The average Bonchev–Trinajstić information content (AvgIpc) is 3.25. The molecule has 6 heteroatoms. The number of fused-ring (bicyclic) bond motifs is 2. The molecule has 0 aliphatic rings. The summed E-state index contributed by atoms with van der Waals surface area (Å²) in [5.41, 5.74) is 4.79. The van der Waals surface area contributed by atoms with Gasteiger partial charge >= 0.3 is 0 Å². The van der Waals surface area contributed by atoms with Crippen LogP contribution in [0.4, 0.5) is 0 Å².